The van der Waals surface area contributed by atoms with E-state index in [0.717, 1.165) is 32.5 Å². The Morgan fingerprint density at radius 1 is 1.32 bits per heavy atom. The lowest BCUT2D eigenvalue weighted by Gasteiger charge is -2.08. The van der Waals surface area contributed by atoms with Crippen LogP contribution in [0.3, 0.4) is 0 Å². The minimum absolute atomic E-state index is 0.502. The Morgan fingerprint density at radius 2 is 2.05 bits per heavy atom. The molecule has 2 N–H and O–H groups in total. The van der Waals surface area contributed by atoms with Crippen molar-refractivity contribution >= 4 is 39.7 Å². The zero-order valence-electron chi connectivity index (χ0n) is 10.8. The van der Waals surface area contributed by atoms with Gasteiger partial charge >= 0.3 is 0 Å². The van der Waals surface area contributed by atoms with Gasteiger partial charge in [0.05, 0.1) is 11.4 Å². The summed E-state index contributed by atoms with van der Waals surface area (Å²) in [4.78, 5) is 4.48. The number of nitrogens with zero attached hydrogens (tertiary/aromatic N) is 4. The van der Waals surface area contributed by atoms with Crippen molar-refractivity contribution < 1.29 is 0 Å². The first kappa shape index (κ1) is 12.5. The zero-order chi connectivity index (χ0) is 13.6. The predicted molar refractivity (Wildman–Crippen MR) is 84.3 cm³/mol. The number of fused-ring (bicyclic) bond motifs is 1. The number of halogens is 1. The zero-order valence-corrected chi connectivity index (χ0v) is 12.9. The Labute approximate surface area is 124 Å². The van der Waals surface area contributed by atoms with Gasteiger partial charge in [-0.15, -0.1) is 0 Å². The van der Waals surface area contributed by atoms with Crippen molar-refractivity contribution in [3.05, 3.63) is 33.5 Å². The fourth-order valence-electron chi connectivity index (χ4n) is 2.31. The largest absolute Gasteiger partial charge is 0.369 e. The topological polar surface area (TPSA) is 61.7 Å². The fourth-order valence-corrected chi connectivity index (χ4v) is 2.93. The Balaban J connectivity index is 2.39. The molecule has 0 aliphatic carbocycles. The molecule has 0 fully saturated rings. The second-order valence-corrected chi connectivity index (χ2v) is 5.52. The van der Waals surface area contributed by atoms with Gasteiger partial charge in [0.25, 0.3) is 0 Å². The molecular weight excluding hydrogens is 353 g/mol. The van der Waals surface area contributed by atoms with Gasteiger partial charge in [-0.3, -0.25) is 4.57 Å². The molecule has 6 heteroatoms. The standard InChI is InChI=1S/C13H14IN5/c1-3-9-11-12(18(2)17-9)19(13(15)16-11)10-7-5-4-6-8(10)14/h4-7H,3H2,1-2H3,(H2,15,16). The Hall–Kier alpha value is -1.57. The Morgan fingerprint density at radius 3 is 2.74 bits per heavy atom. The highest BCUT2D eigenvalue weighted by Gasteiger charge is 2.18. The van der Waals surface area contributed by atoms with E-state index in [9.17, 15) is 0 Å². The first-order valence-electron chi connectivity index (χ1n) is 6.08. The maximum atomic E-state index is 6.10. The fraction of sp³-hybridized carbons (Fsp3) is 0.231. The van der Waals surface area contributed by atoms with Gasteiger partial charge in [-0.25, -0.2) is 9.67 Å². The van der Waals surface area contributed by atoms with Crippen LogP contribution < -0.4 is 5.73 Å². The lowest BCUT2D eigenvalue weighted by molar-refractivity contribution is 0.751. The summed E-state index contributed by atoms with van der Waals surface area (Å²) < 4.78 is 4.94. The third kappa shape index (κ3) is 1.81. The predicted octanol–water partition coefficient (Wildman–Crippen LogP) is 2.51. The molecule has 0 atom stereocenters. The van der Waals surface area contributed by atoms with Crippen LogP contribution >= 0.6 is 22.6 Å². The smallest absolute Gasteiger partial charge is 0.207 e. The normalized spacial score (nSPS) is 11.3. The molecule has 0 unspecified atom stereocenters. The van der Waals surface area contributed by atoms with Crippen LogP contribution in [0.1, 0.15) is 12.6 Å². The molecular formula is C13H14IN5. The van der Waals surface area contributed by atoms with Crippen molar-refractivity contribution in [2.75, 3.05) is 5.73 Å². The highest BCUT2D eigenvalue weighted by molar-refractivity contribution is 14.1. The minimum atomic E-state index is 0.502. The summed E-state index contributed by atoms with van der Waals surface area (Å²) in [6.07, 6.45) is 0.847. The maximum Gasteiger partial charge on any atom is 0.207 e. The van der Waals surface area contributed by atoms with E-state index < -0.39 is 0 Å². The molecule has 0 saturated carbocycles. The van der Waals surface area contributed by atoms with E-state index in [-0.39, 0.29) is 0 Å². The number of aryl methyl sites for hydroxylation is 2. The summed E-state index contributed by atoms with van der Waals surface area (Å²) in [5.41, 5.74) is 9.95. The summed E-state index contributed by atoms with van der Waals surface area (Å²) in [6.45, 7) is 2.07. The number of rotatable bonds is 2. The second-order valence-electron chi connectivity index (χ2n) is 4.35. The molecule has 98 valence electrons. The lowest BCUT2D eigenvalue weighted by Crippen LogP contribution is -2.06. The van der Waals surface area contributed by atoms with Crippen molar-refractivity contribution in [2.45, 2.75) is 13.3 Å². The molecule has 3 aromatic rings. The summed E-state index contributed by atoms with van der Waals surface area (Å²) in [5.74, 6) is 0.502. The summed E-state index contributed by atoms with van der Waals surface area (Å²) in [6, 6.07) is 8.10. The summed E-state index contributed by atoms with van der Waals surface area (Å²) in [5, 5.41) is 4.50. The first-order chi connectivity index (χ1) is 9.13. The number of para-hydroxylation sites is 1. The van der Waals surface area contributed by atoms with Gasteiger partial charge in [-0.1, -0.05) is 19.1 Å². The van der Waals surface area contributed by atoms with E-state index in [0.29, 0.717) is 5.95 Å². The minimum Gasteiger partial charge on any atom is -0.369 e. The van der Waals surface area contributed by atoms with Gasteiger partial charge in [0.15, 0.2) is 5.65 Å². The highest BCUT2D eigenvalue weighted by atomic mass is 127. The number of aromatic nitrogens is 4. The number of nitrogens with two attached hydrogens (primary N) is 1. The van der Waals surface area contributed by atoms with Crippen LogP contribution in [0.25, 0.3) is 16.9 Å². The van der Waals surface area contributed by atoms with Crippen LogP contribution in [0.2, 0.25) is 0 Å². The van der Waals surface area contributed by atoms with Crippen LogP contribution in [0.4, 0.5) is 5.95 Å². The molecule has 0 aliphatic heterocycles. The van der Waals surface area contributed by atoms with Crippen molar-refractivity contribution in [3.8, 4) is 5.69 Å². The van der Waals surface area contributed by atoms with Crippen LogP contribution in [0.15, 0.2) is 24.3 Å². The summed E-state index contributed by atoms with van der Waals surface area (Å²) in [7, 11) is 1.93. The van der Waals surface area contributed by atoms with Gasteiger partial charge < -0.3 is 5.73 Å². The first-order valence-corrected chi connectivity index (χ1v) is 7.16. The van der Waals surface area contributed by atoms with Crippen molar-refractivity contribution in [3.63, 3.8) is 0 Å². The average Bonchev–Trinajstić information content (AvgIpc) is 2.88. The second kappa shape index (κ2) is 4.52. The van der Waals surface area contributed by atoms with E-state index in [2.05, 4.69) is 45.7 Å². The van der Waals surface area contributed by atoms with Gasteiger partial charge in [0.2, 0.25) is 5.95 Å². The van der Waals surface area contributed by atoms with Crippen molar-refractivity contribution in [1.29, 1.82) is 0 Å². The van der Waals surface area contributed by atoms with Crippen LogP contribution in [0, 0.1) is 3.57 Å². The SMILES string of the molecule is CCc1nn(C)c2c1nc(N)n2-c1ccccc1I. The molecule has 0 radical (unpaired) electrons. The molecule has 1 aromatic carbocycles. The Bertz CT molecular complexity index is 756. The molecule has 0 amide bonds. The van der Waals surface area contributed by atoms with Gasteiger partial charge in [0.1, 0.15) is 5.52 Å². The molecule has 0 bridgehead atoms. The van der Waals surface area contributed by atoms with Gasteiger partial charge in [-0.05, 0) is 41.1 Å². The van der Waals surface area contributed by atoms with Crippen molar-refractivity contribution in [2.24, 2.45) is 7.05 Å². The molecule has 5 nitrogen and oxygen atoms in total. The van der Waals surface area contributed by atoms with Crippen LogP contribution in [0.5, 0.6) is 0 Å². The maximum absolute atomic E-state index is 6.10. The number of hydrogen-bond donors (Lipinski definition) is 1. The van der Waals surface area contributed by atoms with Gasteiger partial charge in [0, 0.05) is 10.6 Å². The molecule has 19 heavy (non-hydrogen) atoms. The van der Waals surface area contributed by atoms with Crippen LogP contribution in [-0.4, -0.2) is 19.3 Å². The summed E-state index contributed by atoms with van der Waals surface area (Å²) >= 11 is 2.30. The monoisotopic (exact) mass is 367 g/mol. The van der Waals surface area contributed by atoms with E-state index in [1.165, 1.54) is 0 Å². The Kier molecular flexibility index (Phi) is 2.96. The van der Waals surface area contributed by atoms with E-state index in [1.807, 2.05) is 34.5 Å². The molecule has 2 heterocycles. The van der Waals surface area contributed by atoms with E-state index in [1.54, 1.807) is 0 Å². The number of benzene rings is 1. The highest BCUT2D eigenvalue weighted by Crippen LogP contribution is 2.27. The molecule has 3 rings (SSSR count). The third-order valence-corrected chi connectivity index (χ3v) is 4.07. The third-order valence-electron chi connectivity index (χ3n) is 3.16. The number of nitrogen functional groups attached to an aromatic ring is 1. The number of imidazole rings is 1. The quantitative estimate of drug-likeness (QED) is 0.708. The average molecular weight is 367 g/mol. The number of hydrogen-bond acceptors (Lipinski definition) is 3. The molecule has 0 spiro atoms. The lowest BCUT2D eigenvalue weighted by atomic mass is 10.3. The van der Waals surface area contributed by atoms with Gasteiger partial charge in [-0.2, -0.15) is 5.10 Å². The number of anilines is 1. The van der Waals surface area contributed by atoms with Crippen LogP contribution in [-0.2, 0) is 13.5 Å². The van der Waals surface area contributed by atoms with E-state index in [4.69, 9.17) is 5.73 Å². The molecule has 2 aromatic heterocycles. The van der Waals surface area contributed by atoms with Crippen molar-refractivity contribution in [1.82, 2.24) is 19.3 Å². The molecule has 0 saturated heterocycles. The molecule has 0 aliphatic rings. The van der Waals surface area contributed by atoms with E-state index >= 15 is 0 Å².